The molecule has 0 amide bonds. The van der Waals surface area contributed by atoms with Gasteiger partial charge in [0.15, 0.2) is 0 Å². The first-order valence-electron chi connectivity index (χ1n) is 6.73. The molecule has 0 heterocycles. The van der Waals surface area contributed by atoms with Crippen LogP contribution in [0, 0.1) is 5.41 Å². The Hall–Kier alpha value is -1.55. The maximum Gasteiger partial charge on any atom is 0.311 e. The number of benzene rings is 1. The van der Waals surface area contributed by atoms with E-state index in [0.29, 0.717) is 0 Å². The summed E-state index contributed by atoms with van der Waals surface area (Å²) in [5.41, 5.74) is -0.160. The number of methoxy groups -OCH3 is 1. The van der Waals surface area contributed by atoms with Gasteiger partial charge in [-0.1, -0.05) is 12.1 Å². The summed E-state index contributed by atoms with van der Waals surface area (Å²) < 4.78 is 5.15. The topological polar surface area (TPSA) is 58.6 Å². The van der Waals surface area contributed by atoms with Gasteiger partial charge in [-0.15, -0.1) is 0 Å². The van der Waals surface area contributed by atoms with Crippen molar-refractivity contribution >= 4 is 5.97 Å². The van der Waals surface area contributed by atoms with Crippen molar-refractivity contribution in [1.82, 2.24) is 5.32 Å². The van der Waals surface area contributed by atoms with Crippen LogP contribution in [0.3, 0.4) is 0 Å². The summed E-state index contributed by atoms with van der Waals surface area (Å²) in [5.74, 6) is -0.0635. The van der Waals surface area contributed by atoms with Crippen molar-refractivity contribution in [2.24, 2.45) is 5.41 Å². The fraction of sp³-hybridized carbons (Fsp3) is 0.562. The van der Waals surface area contributed by atoms with Crippen LogP contribution < -0.4 is 10.1 Å². The molecule has 2 N–H and O–H groups in total. The summed E-state index contributed by atoms with van der Waals surface area (Å²) in [5, 5.41) is 12.9. The molecular formula is C16H25NO3. The molecule has 0 aromatic heterocycles. The van der Waals surface area contributed by atoms with E-state index in [1.54, 1.807) is 21.0 Å². The van der Waals surface area contributed by atoms with Crippen LogP contribution in [0.4, 0.5) is 0 Å². The normalized spacial score (nSPS) is 13.9. The van der Waals surface area contributed by atoms with Crippen LogP contribution in [0.2, 0.25) is 0 Å². The van der Waals surface area contributed by atoms with Crippen LogP contribution in [-0.2, 0) is 4.79 Å². The zero-order chi connectivity index (χ0) is 15.6. The van der Waals surface area contributed by atoms with Gasteiger partial charge in [0.2, 0.25) is 0 Å². The van der Waals surface area contributed by atoms with Gasteiger partial charge in [0.05, 0.1) is 12.5 Å². The lowest BCUT2D eigenvalue weighted by molar-refractivity contribution is -0.149. The first-order chi connectivity index (χ1) is 9.08. The third kappa shape index (κ3) is 3.97. The summed E-state index contributed by atoms with van der Waals surface area (Å²) in [6.45, 7) is 9.57. The number of aliphatic carboxylic acids is 1. The zero-order valence-electron chi connectivity index (χ0n) is 13.2. The van der Waals surface area contributed by atoms with Crippen molar-refractivity contribution in [2.45, 2.75) is 46.2 Å². The number of rotatable bonds is 5. The van der Waals surface area contributed by atoms with E-state index in [2.05, 4.69) is 5.32 Å². The number of ether oxygens (including phenoxy) is 1. The maximum absolute atomic E-state index is 11.6. The Kier molecular flexibility index (Phi) is 4.81. The lowest BCUT2D eigenvalue weighted by atomic mass is 9.79. The third-order valence-corrected chi connectivity index (χ3v) is 3.30. The molecule has 0 saturated heterocycles. The highest BCUT2D eigenvalue weighted by atomic mass is 16.5. The van der Waals surface area contributed by atoms with E-state index < -0.39 is 11.4 Å². The Balaban J connectivity index is 3.19. The average molecular weight is 279 g/mol. The molecule has 0 spiro atoms. The average Bonchev–Trinajstić information content (AvgIpc) is 2.35. The molecule has 1 unspecified atom stereocenters. The molecule has 4 nitrogen and oxygen atoms in total. The van der Waals surface area contributed by atoms with Crippen molar-refractivity contribution in [3.8, 4) is 5.75 Å². The highest BCUT2D eigenvalue weighted by Crippen LogP contribution is 2.35. The summed E-state index contributed by atoms with van der Waals surface area (Å²) in [4.78, 5) is 11.6. The van der Waals surface area contributed by atoms with Gasteiger partial charge >= 0.3 is 5.97 Å². The minimum Gasteiger partial charge on any atom is -0.497 e. The summed E-state index contributed by atoms with van der Waals surface area (Å²) in [6.07, 6.45) is 0. The van der Waals surface area contributed by atoms with Gasteiger partial charge in [0.25, 0.3) is 0 Å². The van der Waals surface area contributed by atoms with Crippen LogP contribution in [0.15, 0.2) is 24.3 Å². The second-order valence-corrected chi connectivity index (χ2v) is 6.63. The zero-order valence-corrected chi connectivity index (χ0v) is 13.2. The lowest BCUT2D eigenvalue weighted by Gasteiger charge is -2.37. The van der Waals surface area contributed by atoms with Crippen LogP contribution >= 0.6 is 0 Å². The van der Waals surface area contributed by atoms with Crippen molar-refractivity contribution in [3.63, 3.8) is 0 Å². The first-order valence-corrected chi connectivity index (χ1v) is 6.73. The summed E-state index contributed by atoms with van der Waals surface area (Å²) >= 11 is 0. The van der Waals surface area contributed by atoms with Crippen LogP contribution in [0.5, 0.6) is 5.75 Å². The van der Waals surface area contributed by atoms with Gasteiger partial charge in [-0.25, -0.2) is 0 Å². The Morgan fingerprint density at radius 3 is 2.00 bits per heavy atom. The molecule has 0 aliphatic carbocycles. The van der Waals surface area contributed by atoms with E-state index in [1.165, 1.54) is 0 Å². The summed E-state index contributed by atoms with van der Waals surface area (Å²) in [7, 11) is 1.61. The van der Waals surface area contributed by atoms with E-state index in [0.717, 1.165) is 11.3 Å². The van der Waals surface area contributed by atoms with Gasteiger partial charge < -0.3 is 15.2 Å². The molecule has 1 rings (SSSR count). The van der Waals surface area contributed by atoms with E-state index in [9.17, 15) is 9.90 Å². The minimum atomic E-state index is -0.915. The molecule has 0 aliphatic heterocycles. The second kappa shape index (κ2) is 5.83. The molecule has 20 heavy (non-hydrogen) atoms. The second-order valence-electron chi connectivity index (χ2n) is 6.63. The molecule has 0 saturated carbocycles. The molecular weight excluding hydrogens is 254 g/mol. The van der Waals surface area contributed by atoms with Gasteiger partial charge in [0, 0.05) is 11.6 Å². The van der Waals surface area contributed by atoms with Crippen molar-refractivity contribution in [3.05, 3.63) is 29.8 Å². The third-order valence-electron chi connectivity index (χ3n) is 3.30. The predicted octanol–water partition coefficient (Wildman–Crippen LogP) is 3.24. The van der Waals surface area contributed by atoms with Crippen molar-refractivity contribution < 1.29 is 14.6 Å². The monoisotopic (exact) mass is 279 g/mol. The number of hydrogen-bond donors (Lipinski definition) is 2. The number of carboxylic acids is 1. The van der Waals surface area contributed by atoms with Crippen LogP contribution in [0.25, 0.3) is 0 Å². The standard InChI is InChI=1S/C16H25NO3/c1-15(2,3)17-13(16(4,5)14(18)19)11-7-9-12(20-6)10-8-11/h7-10,13,17H,1-6H3,(H,18,19). The highest BCUT2D eigenvalue weighted by molar-refractivity contribution is 5.75. The predicted molar refractivity (Wildman–Crippen MR) is 80.0 cm³/mol. The van der Waals surface area contributed by atoms with Crippen molar-refractivity contribution in [2.75, 3.05) is 7.11 Å². The van der Waals surface area contributed by atoms with Gasteiger partial charge in [-0.05, 0) is 52.3 Å². The molecule has 4 heteroatoms. The fourth-order valence-electron chi connectivity index (χ4n) is 2.03. The molecule has 0 bridgehead atoms. The van der Waals surface area contributed by atoms with E-state index in [4.69, 9.17) is 4.74 Å². The molecule has 1 atom stereocenters. The smallest absolute Gasteiger partial charge is 0.311 e. The minimum absolute atomic E-state index is 0.183. The number of hydrogen-bond acceptors (Lipinski definition) is 3. The van der Waals surface area contributed by atoms with Gasteiger partial charge in [-0.3, -0.25) is 4.79 Å². The van der Waals surface area contributed by atoms with E-state index in [-0.39, 0.29) is 11.6 Å². The SMILES string of the molecule is COc1ccc(C(NC(C)(C)C)C(C)(C)C(=O)O)cc1. The number of carboxylic acid groups (broad SMARTS) is 1. The van der Waals surface area contributed by atoms with Crippen LogP contribution in [-0.4, -0.2) is 23.7 Å². The molecule has 0 aliphatic rings. The largest absolute Gasteiger partial charge is 0.497 e. The van der Waals surface area contributed by atoms with E-state index in [1.807, 2.05) is 45.0 Å². The van der Waals surface area contributed by atoms with Crippen LogP contribution in [0.1, 0.15) is 46.2 Å². The fourth-order valence-corrected chi connectivity index (χ4v) is 2.03. The Morgan fingerprint density at radius 1 is 1.15 bits per heavy atom. The molecule has 1 aromatic rings. The van der Waals surface area contributed by atoms with Crippen molar-refractivity contribution in [1.29, 1.82) is 0 Å². The molecule has 0 fully saturated rings. The summed E-state index contributed by atoms with van der Waals surface area (Å²) in [6, 6.07) is 7.24. The quantitative estimate of drug-likeness (QED) is 0.868. The lowest BCUT2D eigenvalue weighted by Crippen LogP contribution is -2.47. The first kappa shape index (κ1) is 16.5. The maximum atomic E-state index is 11.6. The molecule has 1 aromatic carbocycles. The Bertz CT molecular complexity index is 458. The molecule has 112 valence electrons. The number of carbonyl (C=O) groups is 1. The van der Waals surface area contributed by atoms with Gasteiger partial charge in [-0.2, -0.15) is 0 Å². The van der Waals surface area contributed by atoms with E-state index >= 15 is 0 Å². The Labute approximate surface area is 121 Å². The number of nitrogens with one attached hydrogen (secondary N) is 1. The Morgan fingerprint density at radius 2 is 1.65 bits per heavy atom. The highest BCUT2D eigenvalue weighted by Gasteiger charge is 2.39. The van der Waals surface area contributed by atoms with Gasteiger partial charge in [0.1, 0.15) is 5.75 Å². The molecule has 0 radical (unpaired) electrons.